The predicted molar refractivity (Wildman–Crippen MR) is 78.1 cm³/mol. The molecule has 0 aliphatic heterocycles. The molecular formula is C13H8Cl3N3. The van der Waals surface area contributed by atoms with Gasteiger partial charge in [0.1, 0.15) is 5.65 Å². The number of fused-ring (bicyclic) bond motifs is 1. The topological polar surface area (TPSA) is 30.7 Å². The molecule has 0 bridgehead atoms. The molecule has 0 radical (unpaired) electrons. The number of aromatic nitrogens is 3. The van der Waals surface area contributed by atoms with Crippen molar-refractivity contribution in [3.63, 3.8) is 0 Å². The lowest BCUT2D eigenvalue weighted by atomic mass is 10.2. The van der Waals surface area contributed by atoms with Crippen LogP contribution in [0.4, 0.5) is 0 Å². The average molecular weight is 313 g/mol. The van der Waals surface area contributed by atoms with E-state index in [9.17, 15) is 0 Å². The Bertz CT molecular complexity index is 752. The van der Waals surface area contributed by atoms with Crippen molar-refractivity contribution in [2.45, 2.75) is 6.54 Å². The van der Waals surface area contributed by atoms with E-state index in [1.165, 1.54) is 0 Å². The average Bonchev–Trinajstić information content (AvgIpc) is 2.75. The molecule has 96 valence electrons. The summed E-state index contributed by atoms with van der Waals surface area (Å²) in [5.74, 6) is 0. The summed E-state index contributed by atoms with van der Waals surface area (Å²) in [6.45, 7) is 0.604. The Morgan fingerprint density at radius 1 is 1.11 bits per heavy atom. The van der Waals surface area contributed by atoms with E-state index in [1.807, 2.05) is 29.0 Å². The minimum atomic E-state index is 0.231. The molecule has 3 nitrogen and oxygen atoms in total. The molecule has 3 rings (SSSR count). The first kappa shape index (κ1) is 12.7. The Labute approximate surface area is 124 Å². The quantitative estimate of drug-likeness (QED) is 0.655. The van der Waals surface area contributed by atoms with Gasteiger partial charge in [-0.3, -0.25) is 0 Å². The summed E-state index contributed by atoms with van der Waals surface area (Å²) in [6, 6.07) is 7.39. The molecule has 1 aromatic carbocycles. The number of benzene rings is 1. The molecule has 0 unspecified atom stereocenters. The highest BCUT2D eigenvalue weighted by Gasteiger charge is 2.07. The number of hydrogen-bond acceptors (Lipinski definition) is 2. The van der Waals surface area contributed by atoms with Gasteiger partial charge in [0, 0.05) is 27.8 Å². The van der Waals surface area contributed by atoms with E-state index >= 15 is 0 Å². The van der Waals surface area contributed by atoms with Gasteiger partial charge < -0.3 is 4.57 Å². The van der Waals surface area contributed by atoms with Crippen LogP contribution in [0.15, 0.2) is 36.7 Å². The molecule has 0 saturated carbocycles. The summed E-state index contributed by atoms with van der Waals surface area (Å²) in [4.78, 5) is 8.18. The summed E-state index contributed by atoms with van der Waals surface area (Å²) < 4.78 is 1.97. The highest BCUT2D eigenvalue weighted by atomic mass is 35.5. The maximum Gasteiger partial charge on any atom is 0.224 e. The third-order valence-corrected chi connectivity index (χ3v) is 3.60. The van der Waals surface area contributed by atoms with Gasteiger partial charge in [-0.1, -0.05) is 29.3 Å². The zero-order chi connectivity index (χ0) is 13.4. The second-order valence-corrected chi connectivity index (χ2v) is 5.28. The van der Waals surface area contributed by atoms with Crippen molar-refractivity contribution in [3.8, 4) is 0 Å². The molecule has 0 aliphatic rings. The fourth-order valence-corrected chi connectivity index (χ4v) is 2.51. The van der Waals surface area contributed by atoms with E-state index in [0.29, 0.717) is 16.6 Å². The molecule has 0 amide bonds. The molecule has 0 fully saturated rings. The van der Waals surface area contributed by atoms with Gasteiger partial charge >= 0.3 is 0 Å². The van der Waals surface area contributed by atoms with Gasteiger partial charge in [0.05, 0.1) is 6.54 Å². The first-order valence-corrected chi connectivity index (χ1v) is 6.68. The molecule has 0 saturated heterocycles. The monoisotopic (exact) mass is 311 g/mol. The molecule has 2 aromatic heterocycles. The Morgan fingerprint density at radius 3 is 2.74 bits per heavy atom. The fraction of sp³-hybridized carbons (Fsp3) is 0.0769. The fourth-order valence-electron chi connectivity index (χ4n) is 1.91. The van der Waals surface area contributed by atoms with Gasteiger partial charge in [-0.2, -0.15) is 4.98 Å². The lowest BCUT2D eigenvalue weighted by molar-refractivity contribution is 0.824. The standard InChI is InChI=1S/C13H8Cl3N3/c14-10-2-1-9(11(15)5-10)7-19-4-3-8-6-17-13(16)18-12(8)19/h1-6H,7H2. The summed E-state index contributed by atoms with van der Waals surface area (Å²) in [5.41, 5.74) is 1.75. The minimum Gasteiger partial charge on any atom is -0.328 e. The van der Waals surface area contributed by atoms with Crippen molar-refractivity contribution in [3.05, 3.63) is 57.6 Å². The number of halogens is 3. The van der Waals surface area contributed by atoms with Crippen molar-refractivity contribution in [1.82, 2.24) is 14.5 Å². The normalized spacial score (nSPS) is 11.1. The molecule has 0 atom stereocenters. The first-order chi connectivity index (χ1) is 9.13. The lowest BCUT2D eigenvalue weighted by Gasteiger charge is -2.07. The van der Waals surface area contributed by atoms with Crippen LogP contribution in [0.25, 0.3) is 11.0 Å². The van der Waals surface area contributed by atoms with Crippen LogP contribution in [0.3, 0.4) is 0 Å². The van der Waals surface area contributed by atoms with Gasteiger partial charge in [-0.05, 0) is 35.4 Å². The predicted octanol–water partition coefficient (Wildman–Crippen LogP) is 4.44. The summed E-state index contributed by atoms with van der Waals surface area (Å²) in [7, 11) is 0. The van der Waals surface area contributed by atoms with Crippen LogP contribution in [0.5, 0.6) is 0 Å². The number of rotatable bonds is 2. The lowest BCUT2D eigenvalue weighted by Crippen LogP contribution is -2.00. The van der Waals surface area contributed by atoms with Gasteiger partial charge in [0.15, 0.2) is 0 Å². The third kappa shape index (κ3) is 2.54. The third-order valence-electron chi connectivity index (χ3n) is 2.83. The van der Waals surface area contributed by atoms with Crippen LogP contribution in [0.1, 0.15) is 5.56 Å². The van der Waals surface area contributed by atoms with Crippen molar-refractivity contribution < 1.29 is 0 Å². The Hall–Kier alpha value is -1.29. The van der Waals surface area contributed by atoms with Gasteiger partial charge in [-0.25, -0.2) is 4.98 Å². The van der Waals surface area contributed by atoms with Crippen LogP contribution in [-0.4, -0.2) is 14.5 Å². The molecule has 0 aliphatic carbocycles. The van der Waals surface area contributed by atoms with Crippen molar-refractivity contribution in [1.29, 1.82) is 0 Å². The number of hydrogen-bond donors (Lipinski definition) is 0. The molecule has 0 spiro atoms. The van der Waals surface area contributed by atoms with Crippen LogP contribution in [-0.2, 0) is 6.54 Å². The number of nitrogens with zero attached hydrogens (tertiary/aromatic N) is 3. The summed E-state index contributed by atoms with van der Waals surface area (Å²) in [5, 5.41) is 2.43. The van der Waals surface area contributed by atoms with E-state index in [0.717, 1.165) is 16.6 Å². The van der Waals surface area contributed by atoms with Crippen LogP contribution in [0, 0.1) is 0 Å². The summed E-state index contributed by atoms with van der Waals surface area (Å²) in [6.07, 6.45) is 3.63. The molecule has 6 heteroatoms. The SMILES string of the molecule is Clc1ccc(Cn2ccc3cnc(Cl)nc32)c(Cl)c1. The molecule has 2 heterocycles. The zero-order valence-electron chi connectivity index (χ0n) is 9.65. The van der Waals surface area contributed by atoms with Crippen molar-refractivity contribution in [2.24, 2.45) is 0 Å². The maximum absolute atomic E-state index is 6.17. The van der Waals surface area contributed by atoms with Crippen molar-refractivity contribution >= 4 is 45.8 Å². The molecule has 19 heavy (non-hydrogen) atoms. The maximum atomic E-state index is 6.17. The molecule has 3 aromatic rings. The Balaban J connectivity index is 2.03. The van der Waals surface area contributed by atoms with Crippen molar-refractivity contribution in [2.75, 3.05) is 0 Å². The highest BCUT2D eigenvalue weighted by Crippen LogP contribution is 2.23. The highest BCUT2D eigenvalue weighted by molar-refractivity contribution is 6.35. The summed E-state index contributed by atoms with van der Waals surface area (Å²) >= 11 is 17.9. The molecule has 0 N–H and O–H groups in total. The van der Waals surface area contributed by atoms with E-state index < -0.39 is 0 Å². The van der Waals surface area contributed by atoms with E-state index in [-0.39, 0.29) is 5.28 Å². The first-order valence-electron chi connectivity index (χ1n) is 5.55. The largest absolute Gasteiger partial charge is 0.328 e. The van der Waals surface area contributed by atoms with E-state index in [2.05, 4.69) is 9.97 Å². The van der Waals surface area contributed by atoms with Gasteiger partial charge in [-0.15, -0.1) is 0 Å². The van der Waals surface area contributed by atoms with Gasteiger partial charge in [0.2, 0.25) is 5.28 Å². The second kappa shape index (κ2) is 5.00. The molecular weight excluding hydrogens is 305 g/mol. The van der Waals surface area contributed by atoms with Crippen LogP contribution >= 0.6 is 34.8 Å². The smallest absolute Gasteiger partial charge is 0.224 e. The van der Waals surface area contributed by atoms with Crippen LogP contribution in [0.2, 0.25) is 15.3 Å². The van der Waals surface area contributed by atoms with E-state index in [1.54, 1.807) is 12.3 Å². The van der Waals surface area contributed by atoms with Crippen LogP contribution < -0.4 is 0 Å². The zero-order valence-corrected chi connectivity index (χ0v) is 11.9. The Morgan fingerprint density at radius 2 is 1.95 bits per heavy atom. The van der Waals surface area contributed by atoms with Gasteiger partial charge in [0.25, 0.3) is 0 Å². The minimum absolute atomic E-state index is 0.231. The Kier molecular flexibility index (Phi) is 3.35. The second-order valence-electron chi connectivity index (χ2n) is 4.10. The van der Waals surface area contributed by atoms with E-state index in [4.69, 9.17) is 34.8 Å².